The molecule has 1 aromatic rings. The molecule has 1 rings (SSSR count). The second-order valence-electron chi connectivity index (χ2n) is 2.83. The molecule has 1 unspecified atom stereocenters. The first-order valence-corrected chi connectivity index (χ1v) is 4.91. The zero-order chi connectivity index (χ0) is 9.03. The Morgan fingerprint density at radius 3 is 2.83 bits per heavy atom. The van der Waals surface area contributed by atoms with Gasteiger partial charge < -0.3 is 9.84 Å². The molecule has 0 fully saturated rings. The summed E-state index contributed by atoms with van der Waals surface area (Å²) < 4.78 is 4.98. The van der Waals surface area contributed by atoms with E-state index in [0.717, 1.165) is 5.56 Å². The highest BCUT2D eigenvalue weighted by atomic mass is 32.1. The average Bonchev–Trinajstić information content (AvgIpc) is 2.57. The van der Waals surface area contributed by atoms with Gasteiger partial charge in [0.25, 0.3) is 0 Å². The fourth-order valence-electron chi connectivity index (χ4n) is 1.16. The number of rotatable bonds is 4. The summed E-state index contributed by atoms with van der Waals surface area (Å²) >= 11 is 1.59. The van der Waals surface area contributed by atoms with Crippen molar-refractivity contribution in [1.82, 2.24) is 0 Å². The van der Waals surface area contributed by atoms with Gasteiger partial charge in [-0.3, -0.25) is 0 Å². The summed E-state index contributed by atoms with van der Waals surface area (Å²) in [5.41, 5.74) is 0.159. The van der Waals surface area contributed by atoms with E-state index in [2.05, 4.69) is 0 Å². The van der Waals surface area contributed by atoms with Crippen molar-refractivity contribution in [2.24, 2.45) is 0 Å². The van der Waals surface area contributed by atoms with E-state index in [1.807, 2.05) is 23.8 Å². The maximum absolute atomic E-state index is 10.1. The number of ether oxygens (including phenoxy) is 1. The molecular weight excluding hydrogens is 172 g/mol. The molecule has 1 N–H and O–H groups in total. The average molecular weight is 186 g/mol. The summed E-state index contributed by atoms with van der Waals surface area (Å²) in [7, 11) is 1.60. The number of methoxy groups -OCH3 is 1. The van der Waals surface area contributed by atoms with Gasteiger partial charge in [-0.15, -0.1) is 0 Å². The largest absolute Gasteiger partial charge is 0.383 e. The van der Waals surface area contributed by atoms with Gasteiger partial charge >= 0.3 is 0 Å². The van der Waals surface area contributed by atoms with Crippen LogP contribution < -0.4 is 0 Å². The molecule has 0 saturated heterocycles. The van der Waals surface area contributed by atoms with E-state index in [1.54, 1.807) is 18.4 Å². The van der Waals surface area contributed by atoms with E-state index in [-0.39, 0.29) is 0 Å². The van der Waals surface area contributed by atoms with Crippen LogP contribution in [0.15, 0.2) is 16.8 Å². The van der Waals surface area contributed by atoms with Crippen molar-refractivity contribution < 1.29 is 9.84 Å². The van der Waals surface area contributed by atoms with Crippen LogP contribution in [-0.4, -0.2) is 18.8 Å². The Labute approximate surface area is 76.8 Å². The summed E-state index contributed by atoms with van der Waals surface area (Å²) in [4.78, 5) is 0. The smallest absolute Gasteiger partial charge is 0.113 e. The molecule has 0 bridgehead atoms. The van der Waals surface area contributed by atoms with Crippen LogP contribution in [0.3, 0.4) is 0 Å². The van der Waals surface area contributed by atoms with Crippen molar-refractivity contribution in [3.63, 3.8) is 0 Å². The first-order chi connectivity index (χ1) is 5.73. The quantitative estimate of drug-likeness (QED) is 0.779. The predicted octanol–water partition coefficient (Wildman–Crippen LogP) is 1.99. The van der Waals surface area contributed by atoms with Crippen LogP contribution in [0.2, 0.25) is 0 Å². The Hall–Kier alpha value is -0.380. The van der Waals surface area contributed by atoms with Gasteiger partial charge in [-0.1, -0.05) is 6.92 Å². The topological polar surface area (TPSA) is 29.5 Å². The number of hydrogen-bond donors (Lipinski definition) is 1. The van der Waals surface area contributed by atoms with Crippen LogP contribution in [0, 0.1) is 0 Å². The molecule has 68 valence electrons. The molecule has 1 heterocycles. The van der Waals surface area contributed by atoms with Crippen molar-refractivity contribution in [3.05, 3.63) is 22.4 Å². The van der Waals surface area contributed by atoms with Crippen molar-refractivity contribution in [2.45, 2.75) is 18.9 Å². The van der Waals surface area contributed by atoms with E-state index in [9.17, 15) is 5.11 Å². The maximum atomic E-state index is 10.1. The Kier molecular flexibility index (Phi) is 3.26. The number of hydrogen-bond acceptors (Lipinski definition) is 3. The highest BCUT2D eigenvalue weighted by molar-refractivity contribution is 7.08. The SMILES string of the molecule is CCC(O)(COC)c1ccsc1. The van der Waals surface area contributed by atoms with E-state index >= 15 is 0 Å². The molecule has 0 aliphatic heterocycles. The maximum Gasteiger partial charge on any atom is 0.113 e. The zero-order valence-electron chi connectivity index (χ0n) is 7.41. The summed E-state index contributed by atoms with van der Waals surface area (Å²) in [5.74, 6) is 0. The van der Waals surface area contributed by atoms with Gasteiger partial charge in [-0.2, -0.15) is 11.3 Å². The third kappa shape index (κ3) is 1.86. The number of aliphatic hydroxyl groups is 1. The van der Waals surface area contributed by atoms with E-state index < -0.39 is 5.60 Å². The summed E-state index contributed by atoms with van der Waals surface area (Å²) in [6, 6.07) is 1.94. The lowest BCUT2D eigenvalue weighted by molar-refractivity contribution is -0.0383. The molecule has 0 saturated carbocycles. The predicted molar refractivity (Wildman–Crippen MR) is 50.4 cm³/mol. The van der Waals surface area contributed by atoms with Crippen molar-refractivity contribution in [3.8, 4) is 0 Å². The van der Waals surface area contributed by atoms with Crippen LogP contribution in [-0.2, 0) is 10.3 Å². The van der Waals surface area contributed by atoms with Crippen LogP contribution in [0.25, 0.3) is 0 Å². The molecule has 12 heavy (non-hydrogen) atoms. The van der Waals surface area contributed by atoms with Crippen molar-refractivity contribution >= 4 is 11.3 Å². The van der Waals surface area contributed by atoms with Gasteiger partial charge in [0.2, 0.25) is 0 Å². The second kappa shape index (κ2) is 4.03. The first-order valence-electron chi connectivity index (χ1n) is 3.97. The van der Waals surface area contributed by atoms with E-state index in [1.165, 1.54) is 0 Å². The van der Waals surface area contributed by atoms with Crippen LogP contribution in [0.1, 0.15) is 18.9 Å². The zero-order valence-corrected chi connectivity index (χ0v) is 8.23. The lowest BCUT2D eigenvalue weighted by Gasteiger charge is -2.24. The molecule has 0 aliphatic rings. The molecule has 0 spiro atoms. The Bertz CT molecular complexity index is 220. The lowest BCUT2D eigenvalue weighted by atomic mass is 9.95. The van der Waals surface area contributed by atoms with Crippen molar-refractivity contribution in [1.29, 1.82) is 0 Å². The molecule has 3 heteroatoms. The highest BCUT2D eigenvalue weighted by Gasteiger charge is 2.27. The fraction of sp³-hybridized carbons (Fsp3) is 0.556. The van der Waals surface area contributed by atoms with Gasteiger partial charge in [-0.25, -0.2) is 0 Å². The third-order valence-corrected chi connectivity index (χ3v) is 2.71. The molecule has 0 aromatic carbocycles. The molecule has 0 amide bonds. The van der Waals surface area contributed by atoms with Gasteiger partial charge in [-0.05, 0) is 28.8 Å². The van der Waals surface area contributed by atoms with Crippen molar-refractivity contribution in [2.75, 3.05) is 13.7 Å². The number of thiophene rings is 1. The summed E-state index contributed by atoms with van der Waals surface area (Å²) in [5, 5.41) is 14.0. The molecule has 0 radical (unpaired) electrons. The van der Waals surface area contributed by atoms with Crippen LogP contribution in [0.4, 0.5) is 0 Å². The van der Waals surface area contributed by atoms with Gasteiger partial charge in [0, 0.05) is 7.11 Å². The third-order valence-electron chi connectivity index (χ3n) is 2.03. The fourth-order valence-corrected chi connectivity index (χ4v) is 1.91. The second-order valence-corrected chi connectivity index (χ2v) is 3.61. The van der Waals surface area contributed by atoms with Crippen LogP contribution >= 0.6 is 11.3 Å². The van der Waals surface area contributed by atoms with Gasteiger partial charge in [0.15, 0.2) is 0 Å². The molecule has 1 atom stereocenters. The normalized spacial score (nSPS) is 15.9. The Morgan fingerprint density at radius 1 is 1.67 bits per heavy atom. The van der Waals surface area contributed by atoms with E-state index in [0.29, 0.717) is 13.0 Å². The van der Waals surface area contributed by atoms with Crippen LogP contribution in [0.5, 0.6) is 0 Å². The molecular formula is C9H14O2S. The van der Waals surface area contributed by atoms with Gasteiger partial charge in [0.1, 0.15) is 5.60 Å². The highest BCUT2D eigenvalue weighted by Crippen LogP contribution is 2.26. The Balaban J connectivity index is 2.80. The Morgan fingerprint density at radius 2 is 2.42 bits per heavy atom. The standard InChI is InChI=1S/C9H14O2S/c1-3-9(10,7-11-2)8-4-5-12-6-8/h4-6,10H,3,7H2,1-2H3. The minimum absolute atomic E-state index is 0.361. The van der Waals surface area contributed by atoms with E-state index in [4.69, 9.17) is 4.74 Å². The molecule has 1 aromatic heterocycles. The summed E-state index contributed by atoms with van der Waals surface area (Å²) in [6.45, 7) is 2.32. The van der Waals surface area contributed by atoms with Gasteiger partial charge in [0.05, 0.1) is 6.61 Å². The molecule has 2 nitrogen and oxygen atoms in total. The first kappa shape index (κ1) is 9.71. The minimum Gasteiger partial charge on any atom is -0.383 e. The summed E-state index contributed by atoms with van der Waals surface area (Å²) in [6.07, 6.45) is 0.678. The molecule has 0 aliphatic carbocycles. The monoisotopic (exact) mass is 186 g/mol. The minimum atomic E-state index is -0.797. The lowest BCUT2D eigenvalue weighted by Crippen LogP contribution is -2.29.